The maximum Gasteiger partial charge on any atom is 0.123 e. The van der Waals surface area contributed by atoms with E-state index in [1.165, 1.54) is 0 Å². The molecule has 0 unspecified atom stereocenters. The van der Waals surface area contributed by atoms with E-state index in [-0.39, 0.29) is 0 Å². The number of anilines is 1. The first-order valence-corrected chi connectivity index (χ1v) is 6.79. The molecular formula is C16H18N2OS. The Morgan fingerprint density at radius 2 is 2.00 bits per heavy atom. The summed E-state index contributed by atoms with van der Waals surface area (Å²) in [6.45, 7) is 2.68. The lowest BCUT2D eigenvalue weighted by molar-refractivity contribution is 0.410. The average molecular weight is 286 g/mol. The highest BCUT2D eigenvalue weighted by atomic mass is 32.1. The van der Waals surface area contributed by atoms with Gasteiger partial charge >= 0.3 is 0 Å². The van der Waals surface area contributed by atoms with Crippen LogP contribution in [0.5, 0.6) is 5.75 Å². The maximum atomic E-state index is 5.78. The molecule has 0 atom stereocenters. The minimum atomic E-state index is 0.399. The van der Waals surface area contributed by atoms with Crippen LogP contribution in [0.25, 0.3) is 0 Å². The number of rotatable bonds is 5. The van der Waals surface area contributed by atoms with Crippen molar-refractivity contribution in [2.45, 2.75) is 13.5 Å². The van der Waals surface area contributed by atoms with E-state index in [9.17, 15) is 0 Å². The number of nitrogens with one attached hydrogen (secondary N) is 1. The number of hydrogen-bond acceptors (Lipinski definition) is 3. The van der Waals surface area contributed by atoms with E-state index in [1.54, 1.807) is 7.11 Å². The van der Waals surface area contributed by atoms with Crippen molar-refractivity contribution in [2.75, 3.05) is 12.4 Å². The number of para-hydroxylation sites is 1. The molecule has 2 aromatic rings. The van der Waals surface area contributed by atoms with Gasteiger partial charge in [-0.05, 0) is 25.1 Å². The largest absolute Gasteiger partial charge is 0.496 e. The molecule has 0 spiro atoms. The molecule has 0 heterocycles. The number of aryl methyl sites for hydroxylation is 1. The van der Waals surface area contributed by atoms with Gasteiger partial charge in [-0.15, -0.1) is 0 Å². The van der Waals surface area contributed by atoms with Crippen LogP contribution in [0, 0.1) is 6.92 Å². The van der Waals surface area contributed by atoms with Gasteiger partial charge in [-0.2, -0.15) is 0 Å². The Morgan fingerprint density at radius 3 is 2.70 bits per heavy atom. The van der Waals surface area contributed by atoms with Crippen molar-refractivity contribution < 1.29 is 4.74 Å². The molecule has 20 heavy (non-hydrogen) atoms. The van der Waals surface area contributed by atoms with E-state index in [0.29, 0.717) is 11.5 Å². The topological polar surface area (TPSA) is 47.3 Å². The minimum absolute atomic E-state index is 0.399. The van der Waals surface area contributed by atoms with Crippen molar-refractivity contribution in [3.8, 4) is 5.75 Å². The molecule has 0 aliphatic carbocycles. The van der Waals surface area contributed by atoms with Gasteiger partial charge in [0, 0.05) is 23.4 Å². The van der Waals surface area contributed by atoms with Gasteiger partial charge in [0.25, 0.3) is 0 Å². The predicted octanol–water partition coefficient (Wildman–Crippen LogP) is 3.25. The van der Waals surface area contributed by atoms with Crippen LogP contribution >= 0.6 is 12.2 Å². The number of nitrogens with two attached hydrogens (primary N) is 1. The summed E-state index contributed by atoms with van der Waals surface area (Å²) in [6.07, 6.45) is 0. The Balaban J connectivity index is 2.21. The third kappa shape index (κ3) is 3.27. The van der Waals surface area contributed by atoms with E-state index in [2.05, 4.69) is 5.32 Å². The molecular weight excluding hydrogens is 268 g/mol. The fraction of sp³-hybridized carbons (Fsp3) is 0.188. The second-order valence-corrected chi connectivity index (χ2v) is 5.02. The molecule has 3 nitrogen and oxygen atoms in total. The highest BCUT2D eigenvalue weighted by molar-refractivity contribution is 7.80. The van der Waals surface area contributed by atoms with Gasteiger partial charge in [0.05, 0.1) is 7.11 Å². The summed E-state index contributed by atoms with van der Waals surface area (Å²) in [5.41, 5.74) is 9.81. The third-order valence-corrected chi connectivity index (χ3v) is 3.32. The monoisotopic (exact) mass is 286 g/mol. The highest BCUT2D eigenvalue weighted by Gasteiger charge is 2.07. The molecule has 0 aliphatic heterocycles. The minimum Gasteiger partial charge on any atom is -0.496 e. The summed E-state index contributed by atoms with van der Waals surface area (Å²) in [5, 5.41) is 3.37. The summed E-state index contributed by atoms with van der Waals surface area (Å²) >= 11 is 5.10. The Bertz CT molecular complexity index is 626. The molecule has 0 aromatic heterocycles. The zero-order valence-corrected chi connectivity index (χ0v) is 12.5. The SMILES string of the molecule is COc1ccccc1CNc1ccc(C)cc1C(N)=S. The normalized spacial score (nSPS) is 10.1. The van der Waals surface area contributed by atoms with Crippen molar-refractivity contribution in [3.63, 3.8) is 0 Å². The first-order valence-electron chi connectivity index (χ1n) is 6.38. The lowest BCUT2D eigenvalue weighted by Gasteiger charge is -2.14. The lowest BCUT2D eigenvalue weighted by atomic mass is 10.1. The summed E-state index contributed by atoms with van der Waals surface area (Å²) in [5.74, 6) is 0.865. The number of thiocarbonyl (C=S) groups is 1. The van der Waals surface area contributed by atoms with Crippen molar-refractivity contribution in [3.05, 3.63) is 59.2 Å². The van der Waals surface area contributed by atoms with Crippen LogP contribution in [-0.4, -0.2) is 12.1 Å². The quantitative estimate of drug-likeness (QED) is 0.828. The van der Waals surface area contributed by atoms with Crippen LogP contribution in [0.1, 0.15) is 16.7 Å². The van der Waals surface area contributed by atoms with E-state index in [0.717, 1.165) is 28.1 Å². The molecule has 104 valence electrons. The maximum absolute atomic E-state index is 5.78. The highest BCUT2D eigenvalue weighted by Crippen LogP contribution is 2.21. The van der Waals surface area contributed by atoms with Gasteiger partial charge in [0.1, 0.15) is 10.7 Å². The van der Waals surface area contributed by atoms with E-state index < -0.39 is 0 Å². The predicted molar refractivity (Wildman–Crippen MR) is 87.4 cm³/mol. The lowest BCUT2D eigenvalue weighted by Crippen LogP contribution is -2.13. The van der Waals surface area contributed by atoms with Crippen molar-refractivity contribution in [2.24, 2.45) is 5.73 Å². The molecule has 4 heteroatoms. The number of methoxy groups -OCH3 is 1. The fourth-order valence-electron chi connectivity index (χ4n) is 2.06. The number of ether oxygens (including phenoxy) is 1. The van der Waals surface area contributed by atoms with Crippen LogP contribution in [0.2, 0.25) is 0 Å². The van der Waals surface area contributed by atoms with Gasteiger partial charge in [-0.3, -0.25) is 0 Å². The Hall–Kier alpha value is -2.07. The first-order chi connectivity index (χ1) is 9.61. The van der Waals surface area contributed by atoms with Gasteiger partial charge < -0.3 is 15.8 Å². The Labute approximate surface area is 124 Å². The molecule has 3 N–H and O–H groups in total. The molecule has 2 rings (SSSR count). The van der Waals surface area contributed by atoms with E-state index in [1.807, 2.05) is 49.4 Å². The second kappa shape index (κ2) is 6.39. The van der Waals surface area contributed by atoms with Crippen LogP contribution in [0.4, 0.5) is 5.69 Å². The molecule has 0 fully saturated rings. The van der Waals surface area contributed by atoms with Gasteiger partial charge in [0.15, 0.2) is 0 Å². The number of benzene rings is 2. The van der Waals surface area contributed by atoms with Crippen molar-refractivity contribution >= 4 is 22.9 Å². The first kappa shape index (κ1) is 14.3. The summed E-state index contributed by atoms with van der Waals surface area (Å²) in [7, 11) is 1.67. The van der Waals surface area contributed by atoms with Crippen LogP contribution in [-0.2, 0) is 6.54 Å². The molecule has 0 bridgehead atoms. The van der Waals surface area contributed by atoms with E-state index in [4.69, 9.17) is 22.7 Å². The van der Waals surface area contributed by atoms with E-state index >= 15 is 0 Å². The summed E-state index contributed by atoms with van der Waals surface area (Å²) < 4.78 is 5.34. The van der Waals surface area contributed by atoms with Gasteiger partial charge in [0.2, 0.25) is 0 Å². The molecule has 0 amide bonds. The summed E-state index contributed by atoms with van der Waals surface area (Å²) in [6, 6.07) is 13.9. The van der Waals surface area contributed by atoms with Crippen molar-refractivity contribution in [1.29, 1.82) is 0 Å². The van der Waals surface area contributed by atoms with Crippen LogP contribution in [0.3, 0.4) is 0 Å². The summed E-state index contributed by atoms with van der Waals surface area (Å²) in [4.78, 5) is 0.399. The molecule has 2 aromatic carbocycles. The van der Waals surface area contributed by atoms with Crippen molar-refractivity contribution in [1.82, 2.24) is 0 Å². The smallest absolute Gasteiger partial charge is 0.123 e. The Morgan fingerprint density at radius 1 is 1.25 bits per heavy atom. The second-order valence-electron chi connectivity index (χ2n) is 4.58. The van der Waals surface area contributed by atoms with Gasteiger partial charge in [-0.1, -0.05) is 42.0 Å². The standard InChI is InChI=1S/C16H18N2OS/c1-11-7-8-14(13(9-11)16(17)20)18-10-12-5-3-4-6-15(12)19-2/h3-9,18H,10H2,1-2H3,(H2,17,20). The van der Waals surface area contributed by atoms with Gasteiger partial charge in [-0.25, -0.2) is 0 Å². The van der Waals surface area contributed by atoms with Crippen LogP contribution < -0.4 is 15.8 Å². The molecule has 0 radical (unpaired) electrons. The van der Waals surface area contributed by atoms with Crippen LogP contribution in [0.15, 0.2) is 42.5 Å². The third-order valence-electron chi connectivity index (χ3n) is 3.10. The average Bonchev–Trinajstić information content (AvgIpc) is 2.46. The molecule has 0 saturated heterocycles. The Kier molecular flexibility index (Phi) is 4.58. The fourth-order valence-corrected chi connectivity index (χ4v) is 2.22. The molecule has 0 aliphatic rings. The zero-order chi connectivity index (χ0) is 14.5. The molecule has 0 saturated carbocycles. The number of hydrogen-bond donors (Lipinski definition) is 2. The zero-order valence-electron chi connectivity index (χ0n) is 11.6.